The Labute approximate surface area is 164 Å². The fourth-order valence-corrected chi connectivity index (χ4v) is 4.23. The highest BCUT2D eigenvalue weighted by atomic mass is 16.5. The third kappa shape index (κ3) is 3.80. The molecule has 0 unspecified atom stereocenters. The summed E-state index contributed by atoms with van der Waals surface area (Å²) in [5.74, 6) is 1.89. The zero-order valence-corrected chi connectivity index (χ0v) is 16.1. The number of hydrogen-bond acceptors (Lipinski definition) is 7. The predicted octanol–water partition coefficient (Wildman–Crippen LogP) is 2.23. The first-order valence-corrected chi connectivity index (χ1v) is 9.61. The first-order valence-electron chi connectivity index (χ1n) is 9.61. The van der Waals surface area contributed by atoms with E-state index in [2.05, 4.69) is 14.9 Å². The topological polar surface area (TPSA) is 84.8 Å². The molecule has 2 heterocycles. The van der Waals surface area contributed by atoms with Gasteiger partial charge in [0.1, 0.15) is 11.9 Å². The van der Waals surface area contributed by atoms with E-state index < -0.39 is 6.10 Å². The van der Waals surface area contributed by atoms with Crippen LogP contribution in [0.1, 0.15) is 28.9 Å². The number of ether oxygens (including phenoxy) is 2. The average molecular weight is 383 g/mol. The van der Waals surface area contributed by atoms with Crippen LogP contribution in [0.5, 0.6) is 5.75 Å². The Balaban J connectivity index is 1.41. The van der Waals surface area contributed by atoms with Gasteiger partial charge in [0.2, 0.25) is 5.95 Å². The summed E-state index contributed by atoms with van der Waals surface area (Å²) in [6.07, 6.45) is 2.51. The van der Waals surface area contributed by atoms with Crippen LogP contribution in [0, 0.1) is 18.8 Å². The Morgan fingerprint density at radius 2 is 1.86 bits per heavy atom. The fraction of sp³-hybridized carbons (Fsp3) is 0.476. The van der Waals surface area contributed by atoms with E-state index >= 15 is 0 Å². The minimum absolute atomic E-state index is 0.261. The number of carbonyl (C=O) groups excluding carboxylic acids is 1. The maximum absolute atomic E-state index is 11.5. The standard InChI is InChI=1S/C21H25N3O4/c1-13-7-8-22-21(23-13)24-11-15-9-18(25)19(10-16(15)12-24)28-17-5-3-14(4-6-17)20(26)27-2/h3-8,15-16,18-19,25H,9-12H2,1-2H3/t15-,16+,18-,19-/m0/s1. The summed E-state index contributed by atoms with van der Waals surface area (Å²) in [7, 11) is 1.36. The molecule has 1 saturated carbocycles. The summed E-state index contributed by atoms with van der Waals surface area (Å²) in [5.41, 5.74) is 1.43. The Hall–Kier alpha value is -2.67. The van der Waals surface area contributed by atoms with E-state index in [1.807, 2.05) is 13.0 Å². The third-order valence-corrected chi connectivity index (χ3v) is 5.71. The summed E-state index contributed by atoms with van der Waals surface area (Å²) in [4.78, 5) is 22.7. The number of hydrogen-bond donors (Lipinski definition) is 1. The average Bonchev–Trinajstić information content (AvgIpc) is 3.11. The van der Waals surface area contributed by atoms with E-state index in [-0.39, 0.29) is 12.1 Å². The van der Waals surface area contributed by atoms with E-state index in [1.54, 1.807) is 30.5 Å². The van der Waals surface area contributed by atoms with E-state index in [0.717, 1.165) is 31.2 Å². The molecule has 4 rings (SSSR count). The molecule has 1 aromatic heterocycles. The summed E-state index contributed by atoms with van der Waals surface area (Å²) >= 11 is 0. The minimum Gasteiger partial charge on any atom is -0.488 e. The van der Waals surface area contributed by atoms with Crippen molar-refractivity contribution in [2.75, 3.05) is 25.1 Å². The Morgan fingerprint density at radius 3 is 2.54 bits per heavy atom. The van der Waals surface area contributed by atoms with Crippen LogP contribution in [-0.2, 0) is 4.74 Å². The van der Waals surface area contributed by atoms with Crippen LogP contribution in [0.15, 0.2) is 36.5 Å². The van der Waals surface area contributed by atoms with Gasteiger partial charge in [-0.25, -0.2) is 14.8 Å². The van der Waals surface area contributed by atoms with Gasteiger partial charge in [0.15, 0.2) is 0 Å². The number of methoxy groups -OCH3 is 1. The summed E-state index contributed by atoms with van der Waals surface area (Å²) in [5, 5.41) is 10.6. The monoisotopic (exact) mass is 383 g/mol. The number of anilines is 1. The zero-order valence-electron chi connectivity index (χ0n) is 16.1. The number of benzene rings is 1. The largest absolute Gasteiger partial charge is 0.488 e. The molecule has 1 aliphatic heterocycles. The molecule has 0 radical (unpaired) electrons. The number of nitrogens with zero attached hydrogens (tertiary/aromatic N) is 3. The van der Waals surface area contributed by atoms with Crippen molar-refractivity contribution in [3.8, 4) is 5.75 Å². The van der Waals surface area contributed by atoms with Gasteiger partial charge >= 0.3 is 5.97 Å². The lowest BCUT2D eigenvalue weighted by molar-refractivity contribution is -0.0231. The minimum atomic E-state index is -0.514. The number of esters is 1. The number of aliphatic hydroxyl groups is 1. The van der Waals surface area contributed by atoms with Gasteiger partial charge < -0.3 is 19.5 Å². The van der Waals surface area contributed by atoms with Crippen LogP contribution in [-0.4, -0.2) is 53.5 Å². The molecule has 2 fully saturated rings. The molecule has 7 nitrogen and oxygen atoms in total. The second kappa shape index (κ2) is 7.75. The van der Waals surface area contributed by atoms with Gasteiger partial charge in [0, 0.05) is 25.0 Å². The van der Waals surface area contributed by atoms with Gasteiger partial charge in [-0.3, -0.25) is 0 Å². The lowest BCUT2D eigenvalue weighted by atomic mass is 9.78. The van der Waals surface area contributed by atoms with E-state index in [0.29, 0.717) is 29.6 Å². The van der Waals surface area contributed by atoms with Crippen LogP contribution in [0.4, 0.5) is 5.95 Å². The molecule has 2 aromatic rings. The van der Waals surface area contributed by atoms with Crippen molar-refractivity contribution >= 4 is 11.9 Å². The molecule has 0 amide bonds. The molecule has 7 heteroatoms. The van der Waals surface area contributed by atoms with E-state index in [1.165, 1.54) is 7.11 Å². The molecule has 1 saturated heterocycles. The maximum atomic E-state index is 11.5. The van der Waals surface area contributed by atoms with Crippen molar-refractivity contribution in [3.63, 3.8) is 0 Å². The number of aliphatic hydroxyl groups excluding tert-OH is 1. The molecular formula is C21H25N3O4. The van der Waals surface area contributed by atoms with Crippen LogP contribution in [0.25, 0.3) is 0 Å². The lowest BCUT2D eigenvalue weighted by Gasteiger charge is -2.35. The highest BCUT2D eigenvalue weighted by Crippen LogP contribution is 2.39. The number of aryl methyl sites for hydroxylation is 1. The van der Waals surface area contributed by atoms with Gasteiger partial charge in [0.05, 0.1) is 18.8 Å². The second-order valence-electron chi connectivity index (χ2n) is 7.63. The maximum Gasteiger partial charge on any atom is 0.337 e. The van der Waals surface area contributed by atoms with Crippen LogP contribution in [0.3, 0.4) is 0 Å². The Bertz CT molecular complexity index is 842. The first kappa shape index (κ1) is 18.7. The number of fused-ring (bicyclic) bond motifs is 1. The summed E-state index contributed by atoms with van der Waals surface area (Å²) < 4.78 is 10.8. The third-order valence-electron chi connectivity index (χ3n) is 5.71. The fourth-order valence-electron chi connectivity index (χ4n) is 4.23. The van der Waals surface area contributed by atoms with Gasteiger partial charge in [-0.05, 0) is 61.9 Å². The highest BCUT2D eigenvalue weighted by molar-refractivity contribution is 5.89. The molecule has 148 valence electrons. The van der Waals surface area contributed by atoms with Gasteiger partial charge in [-0.2, -0.15) is 0 Å². The van der Waals surface area contributed by atoms with Crippen molar-refractivity contribution < 1.29 is 19.4 Å². The molecule has 28 heavy (non-hydrogen) atoms. The van der Waals surface area contributed by atoms with Crippen molar-refractivity contribution in [2.24, 2.45) is 11.8 Å². The van der Waals surface area contributed by atoms with Gasteiger partial charge in [0.25, 0.3) is 0 Å². The van der Waals surface area contributed by atoms with Crippen molar-refractivity contribution in [1.29, 1.82) is 0 Å². The normalized spacial score (nSPS) is 26.6. The Morgan fingerprint density at radius 1 is 1.14 bits per heavy atom. The molecule has 1 aromatic carbocycles. The second-order valence-corrected chi connectivity index (χ2v) is 7.63. The van der Waals surface area contributed by atoms with Crippen LogP contribution in [0.2, 0.25) is 0 Å². The van der Waals surface area contributed by atoms with Gasteiger partial charge in [-0.1, -0.05) is 0 Å². The molecule has 2 aliphatic rings. The molecule has 4 atom stereocenters. The summed E-state index contributed by atoms with van der Waals surface area (Å²) in [6, 6.07) is 8.72. The van der Waals surface area contributed by atoms with Gasteiger partial charge in [-0.15, -0.1) is 0 Å². The summed E-state index contributed by atoms with van der Waals surface area (Å²) in [6.45, 7) is 3.71. The first-order chi connectivity index (χ1) is 13.5. The molecular weight excluding hydrogens is 358 g/mol. The molecule has 1 aliphatic carbocycles. The van der Waals surface area contributed by atoms with E-state index in [4.69, 9.17) is 9.47 Å². The molecule has 0 bridgehead atoms. The zero-order chi connectivity index (χ0) is 19.7. The predicted molar refractivity (Wildman–Crippen MR) is 103 cm³/mol. The van der Waals surface area contributed by atoms with Crippen molar-refractivity contribution in [2.45, 2.75) is 32.0 Å². The van der Waals surface area contributed by atoms with Crippen molar-refractivity contribution in [3.05, 3.63) is 47.8 Å². The molecule has 0 spiro atoms. The number of rotatable bonds is 4. The van der Waals surface area contributed by atoms with Crippen molar-refractivity contribution in [1.82, 2.24) is 9.97 Å². The SMILES string of the molecule is COC(=O)c1ccc(O[C@H]2C[C@@H]3CN(c4nccc(C)n4)C[C@@H]3C[C@@H]2O)cc1. The quantitative estimate of drug-likeness (QED) is 0.811. The lowest BCUT2D eigenvalue weighted by Crippen LogP contribution is -2.42. The van der Waals surface area contributed by atoms with Crippen LogP contribution < -0.4 is 9.64 Å². The highest BCUT2D eigenvalue weighted by Gasteiger charge is 2.43. The smallest absolute Gasteiger partial charge is 0.337 e. The number of aromatic nitrogens is 2. The molecule has 1 N–H and O–H groups in total. The number of carbonyl (C=O) groups is 1. The van der Waals surface area contributed by atoms with Crippen LogP contribution >= 0.6 is 0 Å². The van der Waals surface area contributed by atoms with E-state index in [9.17, 15) is 9.90 Å². The Kier molecular flexibility index (Phi) is 5.17.